The van der Waals surface area contributed by atoms with Gasteiger partial charge in [0.15, 0.2) is 0 Å². The number of anilines is 2. The number of hydrogen-bond acceptors (Lipinski definition) is 3. The highest BCUT2D eigenvalue weighted by molar-refractivity contribution is 5.88. The summed E-state index contributed by atoms with van der Waals surface area (Å²) in [7, 11) is 0. The molecule has 2 aliphatic carbocycles. The number of benzene rings is 3. The maximum absolute atomic E-state index is 11.5. The Balaban J connectivity index is 1.57. The van der Waals surface area contributed by atoms with E-state index in [0.717, 1.165) is 36.0 Å². The Morgan fingerprint density at radius 1 is 0.906 bits per heavy atom. The van der Waals surface area contributed by atoms with E-state index in [1.807, 2.05) is 24.3 Å². The highest BCUT2D eigenvalue weighted by atomic mass is 16.5. The number of fused-ring (bicyclic) bond motifs is 2. The van der Waals surface area contributed by atoms with E-state index >= 15 is 0 Å². The van der Waals surface area contributed by atoms with Crippen molar-refractivity contribution in [2.24, 2.45) is 0 Å². The number of allylic oxidation sites excluding steroid dienone is 7. The van der Waals surface area contributed by atoms with Crippen LogP contribution in [0.15, 0.2) is 127 Å². The van der Waals surface area contributed by atoms with Gasteiger partial charge in [0.05, 0.1) is 0 Å². The molecule has 156 valence electrons. The van der Waals surface area contributed by atoms with E-state index in [-0.39, 0.29) is 0 Å². The largest absolute Gasteiger partial charge is 0.423 e. The summed E-state index contributed by atoms with van der Waals surface area (Å²) in [5.41, 5.74) is 5.95. The average Bonchev–Trinajstić information content (AvgIpc) is 2.85. The lowest BCUT2D eigenvalue weighted by atomic mass is 9.90. The van der Waals surface area contributed by atoms with Gasteiger partial charge in [-0.05, 0) is 77.2 Å². The molecule has 5 rings (SSSR count). The van der Waals surface area contributed by atoms with Crippen molar-refractivity contribution in [3.05, 3.63) is 127 Å². The van der Waals surface area contributed by atoms with Gasteiger partial charge in [0.1, 0.15) is 5.75 Å². The Kier molecular flexibility index (Phi) is 5.30. The van der Waals surface area contributed by atoms with E-state index < -0.39 is 5.97 Å². The molecule has 0 amide bonds. The van der Waals surface area contributed by atoms with Crippen LogP contribution in [0.2, 0.25) is 0 Å². The van der Waals surface area contributed by atoms with E-state index in [4.69, 9.17) is 4.74 Å². The smallest absolute Gasteiger partial charge is 0.335 e. The monoisotopic (exact) mass is 417 g/mol. The second-order valence-electron chi connectivity index (χ2n) is 7.81. The molecule has 3 aromatic rings. The van der Waals surface area contributed by atoms with Crippen LogP contribution in [0.5, 0.6) is 5.75 Å². The number of ether oxygens (including phenoxy) is 1. The average molecular weight is 418 g/mol. The van der Waals surface area contributed by atoms with Crippen LogP contribution in [-0.4, -0.2) is 5.97 Å². The van der Waals surface area contributed by atoms with Crippen molar-refractivity contribution in [1.82, 2.24) is 0 Å². The van der Waals surface area contributed by atoms with Gasteiger partial charge < -0.3 is 9.64 Å². The minimum Gasteiger partial charge on any atom is -0.423 e. The van der Waals surface area contributed by atoms with E-state index in [1.165, 1.54) is 21.9 Å². The third-order valence-corrected chi connectivity index (χ3v) is 5.77. The van der Waals surface area contributed by atoms with Crippen LogP contribution < -0.4 is 9.64 Å². The normalized spacial score (nSPS) is 14.7. The predicted molar refractivity (Wildman–Crippen MR) is 131 cm³/mol. The van der Waals surface area contributed by atoms with Gasteiger partial charge in [-0.25, -0.2) is 4.79 Å². The van der Waals surface area contributed by atoms with E-state index in [1.54, 1.807) is 0 Å². The van der Waals surface area contributed by atoms with Crippen LogP contribution in [0.3, 0.4) is 0 Å². The molecule has 0 aliphatic heterocycles. The minimum atomic E-state index is -0.464. The van der Waals surface area contributed by atoms with Gasteiger partial charge in [-0.1, -0.05) is 61.2 Å². The quantitative estimate of drug-likeness (QED) is 0.250. The summed E-state index contributed by atoms with van der Waals surface area (Å²) in [5, 5.41) is 2.40. The molecule has 2 aliphatic rings. The number of carbonyl (C=O) groups excluding carboxylic acids is 1. The molecule has 0 bridgehead atoms. The number of carbonyl (C=O) groups is 1. The Bertz CT molecular complexity index is 1320. The Hall–Kier alpha value is -4.11. The fourth-order valence-corrected chi connectivity index (χ4v) is 4.16. The number of esters is 1. The van der Waals surface area contributed by atoms with Gasteiger partial charge in [-0.3, -0.25) is 0 Å². The Morgan fingerprint density at radius 2 is 1.69 bits per heavy atom. The number of hydrogen-bond donors (Lipinski definition) is 0. The first-order chi connectivity index (χ1) is 15.7. The van der Waals surface area contributed by atoms with Gasteiger partial charge in [0.25, 0.3) is 0 Å². The molecule has 32 heavy (non-hydrogen) atoms. The zero-order valence-electron chi connectivity index (χ0n) is 17.7. The summed E-state index contributed by atoms with van der Waals surface area (Å²) in [6.45, 7) is 3.46. The van der Waals surface area contributed by atoms with Crippen LogP contribution in [-0.2, 0) is 4.79 Å². The minimum absolute atomic E-state index is 0.464. The third-order valence-electron chi connectivity index (χ3n) is 5.77. The first-order valence-corrected chi connectivity index (χ1v) is 10.7. The molecule has 0 saturated carbocycles. The molecule has 0 atom stereocenters. The lowest BCUT2D eigenvalue weighted by Crippen LogP contribution is -2.18. The second kappa shape index (κ2) is 8.56. The molecule has 0 fully saturated rings. The highest BCUT2D eigenvalue weighted by Gasteiger charge is 2.19. The van der Waals surface area contributed by atoms with Crippen molar-refractivity contribution >= 4 is 28.1 Å². The zero-order chi connectivity index (χ0) is 21.9. The predicted octanol–water partition coefficient (Wildman–Crippen LogP) is 7.17. The molecule has 0 unspecified atom stereocenters. The van der Waals surface area contributed by atoms with Crippen LogP contribution in [0, 0.1) is 0 Å². The molecule has 0 heterocycles. The van der Waals surface area contributed by atoms with Crippen LogP contribution in [0.25, 0.3) is 10.8 Å². The van der Waals surface area contributed by atoms with Gasteiger partial charge in [0.2, 0.25) is 0 Å². The standard InChI is InChI=1S/C29H23NO2/c1-2-29(31)32-28-17-15-25(16-18-28)30(26-13-11-21-7-3-5-9-23(21)19-26)27-14-12-22-8-4-6-10-24(22)20-27/h2-9,11,13-20H,1,10,12H2. The molecule has 0 saturated heterocycles. The van der Waals surface area contributed by atoms with E-state index in [2.05, 4.69) is 84.3 Å². The van der Waals surface area contributed by atoms with Crippen molar-refractivity contribution in [2.45, 2.75) is 12.8 Å². The summed E-state index contributed by atoms with van der Waals surface area (Å²) in [6, 6.07) is 22.5. The van der Waals surface area contributed by atoms with Crippen molar-refractivity contribution in [1.29, 1.82) is 0 Å². The molecular formula is C29H23NO2. The third kappa shape index (κ3) is 3.93. The Morgan fingerprint density at radius 3 is 2.50 bits per heavy atom. The summed E-state index contributed by atoms with van der Waals surface area (Å²) in [6.07, 6.45) is 14.1. The van der Waals surface area contributed by atoms with Gasteiger partial charge in [-0.2, -0.15) is 0 Å². The van der Waals surface area contributed by atoms with Crippen molar-refractivity contribution in [3.8, 4) is 5.75 Å². The summed E-state index contributed by atoms with van der Waals surface area (Å²) in [4.78, 5) is 13.8. The van der Waals surface area contributed by atoms with Crippen LogP contribution in [0.1, 0.15) is 12.8 Å². The summed E-state index contributed by atoms with van der Waals surface area (Å²) >= 11 is 0. The van der Waals surface area contributed by atoms with Crippen LogP contribution >= 0.6 is 0 Å². The molecule has 3 heteroatoms. The van der Waals surface area contributed by atoms with Gasteiger partial charge in [-0.15, -0.1) is 0 Å². The van der Waals surface area contributed by atoms with Crippen LogP contribution in [0.4, 0.5) is 11.4 Å². The van der Waals surface area contributed by atoms with Gasteiger partial charge >= 0.3 is 5.97 Å². The number of nitrogens with zero attached hydrogens (tertiary/aromatic N) is 1. The molecule has 3 aromatic carbocycles. The molecule has 0 aromatic heterocycles. The Labute approximate surface area is 187 Å². The SMILES string of the molecule is C=CC(=O)Oc1ccc(N(C2=CCC3=CC=CCC3=C2)c2ccc3ccccc3c2)cc1. The van der Waals surface area contributed by atoms with Crippen molar-refractivity contribution in [3.63, 3.8) is 0 Å². The van der Waals surface area contributed by atoms with E-state index in [0.29, 0.717) is 5.75 Å². The molecule has 0 radical (unpaired) electrons. The number of rotatable bonds is 5. The molecular weight excluding hydrogens is 394 g/mol. The first kappa shape index (κ1) is 19.8. The fourth-order valence-electron chi connectivity index (χ4n) is 4.16. The summed E-state index contributed by atoms with van der Waals surface area (Å²) < 4.78 is 5.26. The second-order valence-corrected chi connectivity index (χ2v) is 7.81. The lowest BCUT2D eigenvalue weighted by Gasteiger charge is -2.30. The first-order valence-electron chi connectivity index (χ1n) is 10.7. The van der Waals surface area contributed by atoms with E-state index in [9.17, 15) is 4.79 Å². The zero-order valence-corrected chi connectivity index (χ0v) is 17.7. The molecule has 0 spiro atoms. The lowest BCUT2D eigenvalue weighted by molar-refractivity contribution is -0.128. The fraction of sp³-hybridized carbons (Fsp3) is 0.0690. The molecule has 0 N–H and O–H groups in total. The maximum Gasteiger partial charge on any atom is 0.335 e. The van der Waals surface area contributed by atoms with Gasteiger partial charge in [0, 0.05) is 23.1 Å². The van der Waals surface area contributed by atoms with Crippen molar-refractivity contribution in [2.75, 3.05) is 4.90 Å². The molecule has 3 nitrogen and oxygen atoms in total. The summed E-state index contributed by atoms with van der Waals surface area (Å²) in [5.74, 6) is 0.0317. The highest BCUT2D eigenvalue weighted by Crippen LogP contribution is 2.38. The maximum atomic E-state index is 11.5. The van der Waals surface area contributed by atoms with Crippen molar-refractivity contribution < 1.29 is 9.53 Å². The topological polar surface area (TPSA) is 29.5 Å².